The van der Waals surface area contributed by atoms with Crippen molar-refractivity contribution < 1.29 is 17.9 Å². The van der Waals surface area contributed by atoms with Gasteiger partial charge in [-0.15, -0.1) is 0 Å². The number of hydrogen-bond donors (Lipinski definition) is 1. The molecule has 0 atom stereocenters. The first-order chi connectivity index (χ1) is 16.3. The van der Waals surface area contributed by atoms with E-state index in [1.54, 1.807) is 49.8 Å². The molecule has 174 valence electrons. The van der Waals surface area contributed by atoms with Crippen molar-refractivity contribution in [1.29, 1.82) is 0 Å². The molecule has 1 saturated carbocycles. The van der Waals surface area contributed by atoms with Crippen LogP contribution in [0.1, 0.15) is 24.5 Å². The fraction of sp³-hybridized carbons (Fsp3) is 0.250. The van der Waals surface area contributed by atoms with Gasteiger partial charge in [-0.3, -0.25) is 14.3 Å². The molecule has 1 aliphatic rings. The maximum Gasteiger partial charge on any atom is 0.405 e. The van der Waals surface area contributed by atoms with Crippen molar-refractivity contribution in [3.05, 3.63) is 71.0 Å². The number of nitrogens with one attached hydrogen (secondary N) is 1. The number of halogens is 3. The molecule has 0 amide bonds. The van der Waals surface area contributed by atoms with Crippen LogP contribution in [0.2, 0.25) is 0 Å². The standard InChI is InChI=1S/C24H20F3N5O2/c1-34-18-7-5-17(6-8-18)32-12-16-11-29-23(30-13-24(25,26)27)31-21(16)20(22(32)33)15-4-9-19(28-10-15)14-2-3-14/h4-12,14H,2-3,13H2,1H3,(H,30,31). The Balaban J connectivity index is 1.67. The molecule has 10 heteroatoms. The van der Waals surface area contributed by atoms with Crippen molar-refractivity contribution in [3.63, 3.8) is 0 Å². The van der Waals surface area contributed by atoms with Crippen molar-refractivity contribution in [2.45, 2.75) is 24.9 Å². The van der Waals surface area contributed by atoms with Gasteiger partial charge in [0.15, 0.2) is 0 Å². The third-order valence-electron chi connectivity index (χ3n) is 5.62. The molecule has 34 heavy (non-hydrogen) atoms. The molecule has 0 aliphatic heterocycles. The van der Waals surface area contributed by atoms with Crippen LogP contribution in [0.3, 0.4) is 0 Å². The zero-order valence-corrected chi connectivity index (χ0v) is 18.1. The van der Waals surface area contributed by atoms with Crippen molar-refractivity contribution in [2.24, 2.45) is 0 Å². The van der Waals surface area contributed by atoms with Crippen molar-refractivity contribution >= 4 is 16.9 Å². The summed E-state index contributed by atoms with van der Waals surface area (Å²) in [6.07, 6.45) is 2.34. The highest BCUT2D eigenvalue weighted by Crippen LogP contribution is 2.39. The smallest absolute Gasteiger partial charge is 0.405 e. The van der Waals surface area contributed by atoms with E-state index in [4.69, 9.17) is 4.74 Å². The molecule has 1 aromatic carbocycles. The van der Waals surface area contributed by atoms with Crippen LogP contribution in [0.25, 0.3) is 27.7 Å². The zero-order valence-electron chi connectivity index (χ0n) is 18.1. The molecule has 1 fully saturated rings. The van der Waals surface area contributed by atoms with E-state index in [2.05, 4.69) is 20.3 Å². The van der Waals surface area contributed by atoms with Crippen LogP contribution in [0.4, 0.5) is 19.1 Å². The Bertz CT molecular complexity index is 1400. The number of methoxy groups -OCH3 is 1. The lowest BCUT2D eigenvalue weighted by atomic mass is 10.1. The van der Waals surface area contributed by atoms with E-state index < -0.39 is 12.7 Å². The van der Waals surface area contributed by atoms with Crippen LogP contribution < -0.4 is 15.6 Å². The summed E-state index contributed by atoms with van der Waals surface area (Å²) in [6, 6.07) is 10.6. The monoisotopic (exact) mass is 467 g/mol. The Morgan fingerprint density at radius 2 is 1.85 bits per heavy atom. The highest BCUT2D eigenvalue weighted by atomic mass is 19.4. The molecule has 0 bridgehead atoms. The average Bonchev–Trinajstić information content (AvgIpc) is 3.68. The van der Waals surface area contributed by atoms with Gasteiger partial charge in [-0.2, -0.15) is 13.2 Å². The highest BCUT2D eigenvalue weighted by Gasteiger charge is 2.27. The second kappa shape index (κ2) is 8.44. The molecule has 1 aliphatic carbocycles. The van der Waals surface area contributed by atoms with E-state index >= 15 is 0 Å². The molecule has 1 N–H and O–H groups in total. The van der Waals surface area contributed by atoms with E-state index in [9.17, 15) is 18.0 Å². The minimum absolute atomic E-state index is 0.213. The third kappa shape index (κ3) is 4.43. The van der Waals surface area contributed by atoms with E-state index in [0.717, 1.165) is 18.5 Å². The maximum absolute atomic E-state index is 13.6. The van der Waals surface area contributed by atoms with Crippen LogP contribution in [-0.4, -0.2) is 39.3 Å². The molecule has 0 radical (unpaired) electrons. The number of fused-ring (bicyclic) bond motifs is 1. The summed E-state index contributed by atoms with van der Waals surface area (Å²) >= 11 is 0. The van der Waals surface area contributed by atoms with Crippen LogP contribution in [-0.2, 0) is 0 Å². The third-order valence-corrected chi connectivity index (χ3v) is 5.62. The Labute approximate surface area is 192 Å². The molecule has 0 spiro atoms. The lowest BCUT2D eigenvalue weighted by Gasteiger charge is -2.14. The number of nitrogens with zero attached hydrogens (tertiary/aromatic N) is 4. The van der Waals surface area contributed by atoms with Gasteiger partial charge in [-0.1, -0.05) is 6.07 Å². The molecule has 0 unspecified atom stereocenters. The number of hydrogen-bond acceptors (Lipinski definition) is 6. The Hall–Kier alpha value is -3.95. The molecule has 0 saturated heterocycles. The second-order valence-corrected chi connectivity index (χ2v) is 8.09. The van der Waals surface area contributed by atoms with Crippen LogP contribution >= 0.6 is 0 Å². The highest BCUT2D eigenvalue weighted by molar-refractivity contribution is 5.93. The van der Waals surface area contributed by atoms with Crippen molar-refractivity contribution in [3.8, 4) is 22.6 Å². The molecule has 3 aromatic heterocycles. The number of anilines is 1. The Morgan fingerprint density at radius 3 is 2.47 bits per heavy atom. The number of aromatic nitrogens is 4. The summed E-state index contributed by atoms with van der Waals surface area (Å²) < 4.78 is 44.7. The van der Waals surface area contributed by atoms with Gasteiger partial charge in [0.25, 0.3) is 5.56 Å². The second-order valence-electron chi connectivity index (χ2n) is 8.09. The number of ether oxygens (including phenoxy) is 1. The van der Waals surface area contributed by atoms with Crippen LogP contribution in [0.5, 0.6) is 5.75 Å². The number of rotatable bonds is 6. The first kappa shape index (κ1) is 21.9. The summed E-state index contributed by atoms with van der Waals surface area (Å²) in [5.74, 6) is 0.870. The van der Waals surface area contributed by atoms with Gasteiger partial charge < -0.3 is 10.1 Å². The van der Waals surface area contributed by atoms with E-state index in [0.29, 0.717) is 28.3 Å². The van der Waals surface area contributed by atoms with Gasteiger partial charge in [-0.25, -0.2) is 9.97 Å². The summed E-state index contributed by atoms with van der Waals surface area (Å²) in [5.41, 5.74) is 2.19. The maximum atomic E-state index is 13.6. The van der Waals surface area contributed by atoms with Gasteiger partial charge in [0.1, 0.15) is 12.3 Å². The van der Waals surface area contributed by atoms with E-state index in [1.165, 1.54) is 10.8 Å². The number of pyridine rings is 2. The van der Waals surface area contributed by atoms with Gasteiger partial charge in [0.05, 0.1) is 18.2 Å². The normalized spacial score (nSPS) is 13.8. The zero-order chi connectivity index (χ0) is 23.9. The average molecular weight is 467 g/mol. The quantitative estimate of drug-likeness (QED) is 0.443. The lowest BCUT2D eigenvalue weighted by molar-refractivity contribution is -0.115. The Morgan fingerprint density at radius 1 is 1.09 bits per heavy atom. The van der Waals surface area contributed by atoms with Gasteiger partial charge in [0.2, 0.25) is 5.95 Å². The lowest BCUT2D eigenvalue weighted by Crippen LogP contribution is -2.23. The largest absolute Gasteiger partial charge is 0.497 e. The number of benzene rings is 1. The topological polar surface area (TPSA) is 81.9 Å². The SMILES string of the molecule is COc1ccc(-n2cc3cnc(NCC(F)(F)F)nc3c(-c3ccc(C4CC4)nc3)c2=O)cc1. The first-order valence-corrected chi connectivity index (χ1v) is 10.7. The van der Waals surface area contributed by atoms with E-state index in [1.807, 2.05) is 6.07 Å². The van der Waals surface area contributed by atoms with Gasteiger partial charge in [-0.05, 0) is 43.2 Å². The fourth-order valence-corrected chi connectivity index (χ4v) is 3.74. The van der Waals surface area contributed by atoms with Crippen molar-refractivity contribution in [2.75, 3.05) is 19.0 Å². The molecular weight excluding hydrogens is 447 g/mol. The van der Waals surface area contributed by atoms with Crippen LogP contribution in [0, 0.1) is 0 Å². The molecule has 4 aromatic rings. The molecule has 7 nitrogen and oxygen atoms in total. The van der Waals surface area contributed by atoms with Gasteiger partial charge >= 0.3 is 6.18 Å². The minimum Gasteiger partial charge on any atom is -0.497 e. The summed E-state index contributed by atoms with van der Waals surface area (Å²) in [4.78, 5) is 26.4. The number of alkyl halides is 3. The predicted molar refractivity (Wildman–Crippen MR) is 121 cm³/mol. The van der Waals surface area contributed by atoms with E-state index in [-0.39, 0.29) is 22.6 Å². The summed E-state index contributed by atoms with van der Waals surface area (Å²) in [6.45, 7) is -1.28. The Kier molecular flexibility index (Phi) is 5.43. The molecule has 5 rings (SSSR count). The summed E-state index contributed by atoms with van der Waals surface area (Å²) in [5, 5.41) is 2.68. The molecular formula is C24H20F3N5O2. The summed E-state index contributed by atoms with van der Waals surface area (Å²) in [7, 11) is 1.55. The first-order valence-electron chi connectivity index (χ1n) is 10.7. The minimum atomic E-state index is -4.43. The fourth-order valence-electron chi connectivity index (χ4n) is 3.74. The van der Waals surface area contributed by atoms with Gasteiger partial charge in [0, 0.05) is 46.8 Å². The molecule has 3 heterocycles. The van der Waals surface area contributed by atoms with Crippen LogP contribution in [0.15, 0.2) is 59.8 Å². The predicted octanol–water partition coefficient (Wildman–Crippen LogP) is 4.70. The van der Waals surface area contributed by atoms with Crippen molar-refractivity contribution in [1.82, 2.24) is 19.5 Å².